The van der Waals surface area contributed by atoms with Gasteiger partial charge >= 0.3 is 12.1 Å². The van der Waals surface area contributed by atoms with Gasteiger partial charge in [0.05, 0.1) is 23.4 Å². The Morgan fingerprint density at radius 1 is 1.09 bits per heavy atom. The summed E-state index contributed by atoms with van der Waals surface area (Å²) in [7, 11) is 0. The van der Waals surface area contributed by atoms with E-state index in [-0.39, 0.29) is 18.9 Å². The number of benzene rings is 2. The number of aryl methyl sites for hydroxylation is 1. The molecular weight excluding hydrogens is 453 g/mol. The molecule has 2 aromatic heterocycles. The molecule has 10 heteroatoms. The molecule has 0 aliphatic carbocycles. The van der Waals surface area contributed by atoms with Crippen molar-refractivity contribution >= 4 is 5.97 Å². The summed E-state index contributed by atoms with van der Waals surface area (Å²) in [5.41, 5.74) is 1.48. The molecule has 0 aliphatic heterocycles. The predicted octanol–water partition coefficient (Wildman–Crippen LogP) is 5.84. The van der Waals surface area contributed by atoms with Crippen LogP contribution in [0.25, 0.3) is 11.5 Å². The number of hydrogen-bond acceptors (Lipinski definition) is 6. The van der Waals surface area contributed by atoms with Gasteiger partial charge < -0.3 is 18.8 Å². The van der Waals surface area contributed by atoms with Crippen LogP contribution in [-0.2, 0) is 17.6 Å². The molecule has 1 N–H and O–H groups in total. The Morgan fingerprint density at radius 3 is 2.38 bits per heavy atom. The quantitative estimate of drug-likeness (QED) is 0.344. The molecule has 1 atom stereocenters. The number of halogens is 3. The Hall–Kier alpha value is -4.08. The first-order valence-electron chi connectivity index (χ1n) is 10.2. The third-order valence-electron chi connectivity index (χ3n) is 5.20. The van der Waals surface area contributed by atoms with E-state index in [1.807, 2.05) is 0 Å². The number of ether oxygens (including phenoxy) is 1. The minimum atomic E-state index is -4.41. The Balaban J connectivity index is 1.44. The van der Waals surface area contributed by atoms with Gasteiger partial charge in [-0.15, -0.1) is 0 Å². The van der Waals surface area contributed by atoms with E-state index in [9.17, 15) is 23.1 Å². The van der Waals surface area contributed by atoms with E-state index in [0.717, 1.165) is 17.7 Å². The number of aliphatic carboxylic acids is 1. The zero-order valence-electron chi connectivity index (χ0n) is 17.9. The molecule has 0 fully saturated rings. The molecule has 4 aromatic rings. The lowest BCUT2D eigenvalue weighted by molar-refractivity contribution is -0.138. The van der Waals surface area contributed by atoms with Crippen LogP contribution in [0.3, 0.4) is 0 Å². The molecule has 176 valence electrons. The predicted molar refractivity (Wildman–Crippen MR) is 113 cm³/mol. The summed E-state index contributed by atoms with van der Waals surface area (Å²) >= 11 is 0. The van der Waals surface area contributed by atoms with Crippen LogP contribution in [0.1, 0.15) is 40.6 Å². The molecule has 7 nitrogen and oxygen atoms in total. The minimum absolute atomic E-state index is 0.0562. The summed E-state index contributed by atoms with van der Waals surface area (Å²) < 4.78 is 54.6. The van der Waals surface area contributed by atoms with Crippen LogP contribution in [-0.4, -0.2) is 21.2 Å². The fraction of sp³-hybridized carbons (Fsp3) is 0.208. The smallest absolute Gasteiger partial charge is 0.416 e. The summed E-state index contributed by atoms with van der Waals surface area (Å²) in [6.45, 7) is 1.77. The second-order valence-electron chi connectivity index (χ2n) is 7.54. The molecular formula is C24H19F3N2O5. The first-order valence-corrected chi connectivity index (χ1v) is 10.2. The fourth-order valence-electron chi connectivity index (χ4n) is 3.40. The summed E-state index contributed by atoms with van der Waals surface area (Å²) in [6, 6.07) is 13.1. The first-order chi connectivity index (χ1) is 16.2. The minimum Gasteiger partial charge on any atom is -0.486 e. The third kappa shape index (κ3) is 5.28. The van der Waals surface area contributed by atoms with Gasteiger partial charge in [-0.3, -0.25) is 4.79 Å². The van der Waals surface area contributed by atoms with E-state index in [1.165, 1.54) is 18.4 Å². The Kier molecular flexibility index (Phi) is 6.40. The standard InChI is InChI=1S/C24H19F3N2O5/c1-14-21(34-23(28-14)16-2-6-17(7-3-16)24(25,26)27)13-32-18-8-4-15(5-9-18)19(12-22(30)31)20-10-11-33-29-20/h2-11,19H,12-13H2,1H3,(H,30,31). The summed E-state index contributed by atoms with van der Waals surface area (Å²) in [6.07, 6.45) is -3.17. The third-order valence-corrected chi connectivity index (χ3v) is 5.20. The van der Waals surface area contributed by atoms with Crippen LogP contribution in [0.4, 0.5) is 13.2 Å². The van der Waals surface area contributed by atoms with Crippen LogP contribution in [0.5, 0.6) is 5.75 Å². The van der Waals surface area contributed by atoms with Gasteiger partial charge in [0.1, 0.15) is 18.6 Å². The van der Waals surface area contributed by atoms with E-state index < -0.39 is 23.6 Å². The van der Waals surface area contributed by atoms with Crippen LogP contribution in [0.15, 0.2) is 69.8 Å². The average Bonchev–Trinajstić information content (AvgIpc) is 3.46. The molecule has 0 bridgehead atoms. The topological polar surface area (TPSA) is 98.6 Å². The molecule has 2 aromatic carbocycles. The second-order valence-corrected chi connectivity index (χ2v) is 7.54. The molecule has 2 heterocycles. The van der Waals surface area contributed by atoms with Crippen LogP contribution in [0, 0.1) is 6.92 Å². The zero-order chi connectivity index (χ0) is 24.3. The Morgan fingerprint density at radius 2 is 1.79 bits per heavy atom. The SMILES string of the molecule is Cc1nc(-c2ccc(C(F)(F)F)cc2)oc1COc1ccc(C(CC(=O)O)c2ccon2)cc1. The number of alkyl halides is 3. The maximum Gasteiger partial charge on any atom is 0.416 e. The van der Waals surface area contributed by atoms with Gasteiger partial charge in [-0.25, -0.2) is 4.98 Å². The van der Waals surface area contributed by atoms with E-state index >= 15 is 0 Å². The molecule has 4 rings (SSSR count). The van der Waals surface area contributed by atoms with Crippen molar-refractivity contribution in [3.05, 3.63) is 89.1 Å². The number of rotatable bonds is 8. The highest BCUT2D eigenvalue weighted by Crippen LogP contribution is 2.32. The highest BCUT2D eigenvalue weighted by molar-refractivity contribution is 5.68. The largest absolute Gasteiger partial charge is 0.486 e. The lowest BCUT2D eigenvalue weighted by atomic mass is 9.92. The van der Waals surface area contributed by atoms with E-state index in [0.29, 0.717) is 28.5 Å². The molecule has 0 spiro atoms. The molecule has 34 heavy (non-hydrogen) atoms. The molecule has 0 radical (unpaired) electrons. The average molecular weight is 472 g/mol. The number of nitrogens with zero attached hydrogens (tertiary/aromatic N) is 2. The maximum absolute atomic E-state index is 12.8. The summed E-state index contributed by atoms with van der Waals surface area (Å²) in [4.78, 5) is 15.5. The van der Waals surface area contributed by atoms with Crippen molar-refractivity contribution < 1.29 is 36.7 Å². The Labute approximate surface area is 191 Å². The molecule has 0 saturated heterocycles. The number of oxazole rings is 1. The zero-order valence-corrected chi connectivity index (χ0v) is 17.9. The van der Waals surface area contributed by atoms with Crippen molar-refractivity contribution in [1.29, 1.82) is 0 Å². The van der Waals surface area contributed by atoms with Gasteiger partial charge in [-0.05, 0) is 48.9 Å². The monoisotopic (exact) mass is 472 g/mol. The van der Waals surface area contributed by atoms with Gasteiger partial charge in [0.2, 0.25) is 5.89 Å². The number of carbonyl (C=O) groups is 1. The van der Waals surface area contributed by atoms with Crippen molar-refractivity contribution in [3.63, 3.8) is 0 Å². The first kappa shape index (κ1) is 23.1. The number of carboxylic acid groups (broad SMARTS) is 1. The van der Waals surface area contributed by atoms with E-state index in [4.69, 9.17) is 13.7 Å². The maximum atomic E-state index is 12.8. The lowest BCUT2D eigenvalue weighted by Gasteiger charge is -2.13. The van der Waals surface area contributed by atoms with Crippen molar-refractivity contribution in [2.75, 3.05) is 0 Å². The molecule has 0 saturated carbocycles. The number of carboxylic acids is 1. The van der Waals surface area contributed by atoms with Crippen molar-refractivity contribution in [3.8, 4) is 17.2 Å². The van der Waals surface area contributed by atoms with Gasteiger partial charge in [0.25, 0.3) is 0 Å². The van der Waals surface area contributed by atoms with Crippen LogP contribution in [0.2, 0.25) is 0 Å². The highest BCUT2D eigenvalue weighted by Gasteiger charge is 2.30. The summed E-state index contributed by atoms with van der Waals surface area (Å²) in [5, 5.41) is 13.1. The Bertz CT molecular complexity index is 1250. The van der Waals surface area contributed by atoms with Gasteiger partial charge in [0.15, 0.2) is 5.76 Å². The normalized spacial score (nSPS) is 12.5. The van der Waals surface area contributed by atoms with Crippen LogP contribution < -0.4 is 4.74 Å². The fourth-order valence-corrected chi connectivity index (χ4v) is 3.40. The number of aromatic nitrogens is 2. The summed E-state index contributed by atoms with van der Waals surface area (Å²) in [5.74, 6) is -0.273. The van der Waals surface area contributed by atoms with Crippen LogP contribution >= 0.6 is 0 Å². The highest BCUT2D eigenvalue weighted by atomic mass is 19.4. The van der Waals surface area contributed by atoms with Crippen molar-refractivity contribution in [2.24, 2.45) is 0 Å². The van der Waals surface area contributed by atoms with Crippen molar-refractivity contribution in [2.45, 2.75) is 32.0 Å². The van der Waals surface area contributed by atoms with Gasteiger partial charge in [-0.2, -0.15) is 13.2 Å². The van der Waals surface area contributed by atoms with E-state index in [1.54, 1.807) is 37.3 Å². The van der Waals surface area contributed by atoms with Crippen molar-refractivity contribution in [1.82, 2.24) is 10.1 Å². The second kappa shape index (κ2) is 9.42. The molecule has 1 unspecified atom stereocenters. The molecule has 0 amide bonds. The van der Waals surface area contributed by atoms with Gasteiger partial charge in [0, 0.05) is 17.5 Å². The van der Waals surface area contributed by atoms with Gasteiger partial charge in [-0.1, -0.05) is 17.3 Å². The lowest BCUT2D eigenvalue weighted by Crippen LogP contribution is -2.08. The molecule has 0 aliphatic rings. The van der Waals surface area contributed by atoms with E-state index in [2.05, 4.69) is 10.1 Å². The number of hydrogen-bond donors (Lipinski definition) is 1.